The van der Waals surface area contributed by atoms with Gasteiger partial charge in [0.25, 0.3) is 0 Å². The number of hydrogen-bond donors (Lipinski definition) is 0. The van der Waals surface area contributed by atoms with Crippen molar-refractivity contribution in [2.75, 3.05) is 0 Å². The van der Waals surface area contributed by atoms with Gasteiger partial charge in [0.1, 0.15) is 0 Å². The number of halogens is 3. The normalized spacial score (nSPS) is 11.7. The molecule has 0 fully saturated rings. The van der Waals surface area contributed by atoms with E-state index in [0.29, 0.717) is 0 Å². The van der Waals surface area contributed by atoms with Gasteiger partial charge in [0.05, 0.1) is 5.56 Å². The molecule has 0 aliphatic heterocycles. The SMILES string of the molecule is Cc1[c-]c(-c2nccc3c2ccc2c4ccc(-c5ccc(C(F)(F)F)cc5)cc4ccc32)cc(C)c1.[Ir]. The van der Waals surface area contributed by atoms with Gasteiger partial charge in [0, 0.05) is 26.3 Å². The van der Waals surface area contributed by atoms with Crippen LogP contribution >= 0.6 is 0 Å². The first-order chi connectivity index (χ1) is 17.3. The van der Waals surface area contributed by atoms with E-state index in [9.17, 15) is 13.2 Å². The molecule has 1 heterocycles. The summed E-state index contributed by atoms with van der Waals surface area (Å²) in [5, 5.41) is 6.60. The maximum absolute atomic E-state index is 12.9. The number of rotatable bonds is 2. The molecule has 37 heavy (non-hydrogen) atoms. The van der Waals surface area contributed by atoms with E-state index in [0.717, 1.165) is 72.4 Å². The standard InChI is InChI=1S/C32H21F3N.Ir/c1-19-15-20(2)17-24(16-19)31-30-12-11-27-26-9-5-22(21-3-7-25(8-4-21)32(33,34)35)18-23(26)6-10-28(27)29(30)13-14-36-31;/h3-16,18H,1-2H3;/q-1;. The number of benzene rings is 5. The topological polar surface area (TPSA) is 12.9 Å². The Hall–Kier alpha value is -3.53. The van der Waals surface area contributed by atoms with Crippen molar-refractivity contribution in [2.45, 2.75) is 20.0 Å². The Morgan fingerprint density at radius 2 is 1.27 bits per heavy atom. The van der Waals surface area contributed by atoms with E-state index in [4.69, 9.17) is 4.98 Å². The second kappa shape index (κ2) is 9.41. The number of aryl methyl sites for hydroxylation is 2. The number of hydrogen-bond acceptors (Lipinski definition) is 1. The van der Waals surface area contributed by atoms with Crippen LogP contribution in [-0.4, -0.2) is 4.98 Å². The van der Waals surface area contributed by atoms with Crippen LogP contribution in [-0.2, 0) is 26.3 Å². The van der Waals surface area contributed by atoms with Crippen molar-refractivity contribution < 1.29 is 33.3 Å². The van der Waals surface area contributed by atoms with Gasteiger partial charge in [-0.05, 0) is 73.4 Å². The Morgan fingerprint density at radius 1 is 0.649 bits per heavy atom. The monoisotopic (exact) mass is 669 g/mol. The summed E-state index contributed by atoms with van der Waals surface area (Å²) in [6.45, 7) is 4.12. The summed E-state index contributed by atoms with van der Waals surface area (Å²) in [5.74, 6) is 0. The van der Waals surface area contributed by atoms with Crippen molar-refractivity contribution in [3.63, 3.8) is 0 Å². The molecule has 0 aliphatic rings. The van der Waals surface area contributed by atoms with Crippen molar-refractivity contribution >= 4 is 32.3 Å². The fourth-order valence-electron chi connectivity index (χ4n) is 5.08. The van der Waals surface area contributed by atoms with Crippen molar-refractivity contribution in [1.29, 1.82) is 0 Å². The molecule has 1 aromatic heterocycles. The van der Waals surface area contributed by atoms with E-state index in [1.165, 1.54) is 17.7 Å². The van der Waals surface area contributed by atoms with Gasteiger partial charge in [-0.25, -0.2) is 0 Å². The Kier molecular flexibility index (Phi) is 6.39. The first-order valence-corrected chi connectivity index (χ1v) is 11.7. The number of nitrogens with zero attached hydrogens (tertiary/aromatic N) is 1. The number of fused-ring (bicyclic) bond motifs is 5. The van der Waals surface area contributed by atoms with E-state index in [1.54, 1.807) is 0 Å². The smallest absolute Gasteiger partial charge is 0.304 e. The summed E-state index contributed by atoms with van der Waals surface area (Å²) < 4.78 is 38.8. The molecule has 0 unspecified atom stereocenters. The fraction of sp³-hybridized carbons (Fsp3) is 0.0938. The van der Waals surface area contributed by atoms with Gasteiger partial charge in [-0.15, -0.1) is 34.9 Å². The van der Waals surface area contributed by atoms with Crippen LogP contribution < -0.4 is 0 Å². The zero-order valence-corrected chi connectivity index (χ0v) is 22.5. The van der Waals surface area contributed by atoms with E-state index < -0.39 is 11.7 Å². The molecule has 0 aliphatic carbocycles. The van der Waals surface area contributed by atoms with Crippen molar-refractivity contribution in [3.05, 3.63) is 114 Å². The van der Waals surface area contributed by atoms with Gasteiger partial charge in [-0.3, -0.25) is 0 Å². The first kappa shape index (κ1) is 25.1. The van der Waals surface area contributed by atoms with Gasteiger partial charge in [0.15, 0.2) is 0 Å². The third-order valence-electron chi connectivity index (χ3n) is 6.71. The van der Waals surface area contributed by atoms with Gasteiger partial charge in [0.2, 0.25) is 0 Å². The molecule has 0 bridgehead atoms. The molecule has 1 nitrogen and oxygen atoms in total. The van der Waals surface area contributed by atoms with E-state index in [2.05, 4.69) is 55.5 Å². The second-order valence-electron chi connectivity index (χ2n) is 9.25. The molecule has 0 amide bonds. The number of pyridine rings is 1. The van der Waals surface area contributed by atoms with Crippen LogP contribution in [0, 0.1) is 19.9 Å². The Morgan fingerprint density at radius 3 is 2.00 bits per heavy atom. The molecule has 6 aromatic rings. The molecule has 5 aromatic carbocycles. The van der Waals surface area contributed by atoms with Crippen LogP contribution in [0.4, 0.5) is 13.2 Å². The third kappa shape index (κ3) is 4.54. The minimum Gasteiger partial charge on any atom is -0.304 e. The van der Waals surface area contributed by atoms with Crippen LogP contribution in [0.15, 0.2) is 91.1 Å². The summed E-state index contributed by atoms with van der Waals surface area (Å²) in [5.41, 5.74) is 5.16. The molecule has 6 rings (SSSR count). The van der Waals surface area contributed by atoms with Crippen LogP contribution in [0.2, 0.25) is 0 Å². The Labute approximate surface area is 226 Å². The van der Waals surface area contributed by atoms with Crippen molar-refractivity contribution in [3.8, 4) is 22.4 Å². The summed E-state index contributed by atoms with van der Waals surface area (Å²) in [7, 11) is 0. The summed E-state index contributed by atoms with van der Waals surface area (Å²) in [4.78, 5) is 4.69. The molecule has 0 saturated carbocycles. The van der Waals surface area contributed by atoms with Gasteiger partial charge in [-0.2, -0.15) is 13.2 Å². The quantitative estimate of drug-likeness (QED) is 0.132. The van der Waals surface area contributed by atoms with E-state index in [-0.39, 0.29) is 20.1 Å². The molecule has 0 atom stereocenters. The molecule has 0 saturated heterocycles. The minimum atomic E-state index is -4.34. The third-order valence-corrected chi connectivity index (χ3v) is 6.71. The molecule has 1 radical (unpaired) electrons. The molecular formula is C32H21F3IrN-. The van der Waals surface area contributed by atoms with Crippen LogP contribution in [0.5, 0.6) is 0 Å². The maximum Gasteiger partial charge on any atom is 0.416 e. The predicted molar refractivity (Wildman–Crippen MR) is 141 cm³/mol. The Balaban J connectivity index is 0.00000280. The molecule has 0 spiro atoms. The summed E-state index contributed by atoms with van der Waals surface area (Å²) in [6, 6.07) is 29.5. The number of alkyl halides is 3. The number of aromatic nitrogens is 1. The fourth-order valence-corrected chi connectivity index (χ4v) is 5.08. The van der Waals surface area contributed by atoms with Crippen LogP contribution in [0.1, 0.15) is 16.7 Å². The van der Waals surface area contributed by atoms with E-state index in [1.807, 2.05) is 31.3 Å². The van der Waals surface area contributed by atoms with Gasteiger partial charge >= 0.3 is 6.18 Å². The van der Waals surface area contributed by atoms with Crippen LogP contribution in [0.25, 0.3) is 54.7 Å². The molecule has 0 N–H and O–H groups in total. The maximum atomic E-state index is 12.9. The van der Waals surface area contributed by atoms with Gasteiger partial charge < -0.3 is 4.98 Å². The molecular weight excluding hydrogens is 648 g/mol. The largest absolute Gasteiger partial charge is 0.416 e. The zero-order valence-electron chi connectivity index (χ0n) is 20.1. The predicted octanol–water partition coefficient (Wildman–Crippen LogP) is 9.31. The summed E-state index contributed by atoms with van der Waals surface area (Å²) in [6.07, 6.45) is -2.49. The minimum absolute atomic E-state index is 0. The van der Waals surface area contributed by atoms with Crippen LogP contribution in [0.3, 0.4) is 0 Å². The van der Waals surface area contributed by atoms with Crippen molar-refractivity contribution in [1.82, 2.24) is 4.98 Å². The first-order valence-electron chi connectivity index (χ1n) is 11.7. The average molecular weight is 669 g/mol. The molecule has 5 heteroatoms. The second-order valence-corrected chi connectivity index (χ2v) is 9.25. The van der Waals surface area contributed by atoms with Gasteiger partial charge in [-0.1, -0.05) is 62.4 Å². The summed E-state index contributed by atoms with van der Waals surface area (Å²) >= 11 is 0. The van der Waals surface area contributed by atoms with E-state index >= 15 is 0 Å². The Bertz CT molecular complexity index is 1770. The van der Waals surface area contributed by atoms with Crippen molar-refractivity contribution in [2.24, 2.45) is 0 Å². The average Bonchev–Trinajstić information content (AvgIpc) is 2.86. The zero-order chi connectivity index (χ0) is 25.0. The molecule has 185 valence electrons.